The highest BCUT2D eigenvalue weighted by molar-refractivity contribution is 9.10. The summed E-state index contributed by atoms with van der Waals surface area (Å²) in [5, 5.41) is 0. The minimum absolute atomic E-state index is 0.0144. The average molecular weight is 490 g/mol. The first-order chi connectivity index (χ1) is 15.2. The van der Waals surface area contributed by atoms with Gasteiger partial charge in [0.15, 0.2) is 6.29 Å². The minimum atomic E-state index is 0.0144. The molecule has 1 aromatic rings. The van der Waals surface area contributed by atoms with Crippen LogP contribution in [0.5, 0.6) is 0 Å². The van der Waals surface area contributed by atoms with Crippen molar-refractivity contribution in [3.8, 4) is 0 Å². The van der Waals surface area contributed by atoms with E-state index in [0.717, 1.165) is 31.3 Å². The first kappa shape index (κ1) is 23.5. The summed E-state index contributed by atoms with van der Waals surface area (Å²) in [6, 6.07) is 9.15. The van der Waals surface area contributed by atoms with Gasteiger partial charge in [0.2, 0.25) is 0 Å². The molecule has 3 aliphatic rings. The number of rotatable bonds is 8. The predicted molar refractivity (Wildman–Crippen MR) is 132 cm³/mol. The molecule has 3 heteroatoms. The second-order valence-electron chi connectivity index (χ2n) is 10.2. The molecule has 1 saturated heterocycles. The number of benzene rings is 1. The van der Waals surface area contributed by atoms with E-state index in [1.807, 2.05) is 0 Å². The normalized spacial score (nSPS) is 32.6. The lowest BCUT2D eigenvalue weighted by atomic mass is 9.71. The summed E-state index contributed by atoms with van der Waals surface area (Å²) < 4.78 is 13.2. The Kier molecular flexibility index (Phi) is 9.10. The molecule has 2 nitrogen and oxygen atoms in total. The molecule has 4 atom stereocenters. The van der Waals surface area contributed by atoms with Gasteiger partial charge in [-0.2, -0.15) is 0 Å². The molecular formula is C28H41BrO2. The Morgan fingerprint density at radius 3 is 2.35 bits per heavy atom. The molecule has 172 valence electrons. The van der Waals surface area contributed by atoms with Crippen molar-refractivity contribution >= 4 is 15.9 Å². The van der Waals surface area contributed by atoms with Crippen molar-refractivity contribution in [2.24, 2.45) is 17.8 Å². The van der Waals surface area contributed by atoms with Gasteiger partial charge in [-0.1, -0.05) is 85.7 Å². The van der Waals surface area contributed by atoms with Crippen LogP contribution in [0, 0.1) is 17.8 Å². The maximum atomic E-state index is 6.25. The van der Waals surface area contributed by atoms with Gasteiger partial charge in [0.1, 0.15) is 0 Å². The molecule has 1 saturated carbocycles. The smallest absolute Gasteiger partial charge is 0.158 e. The first-order valence-corrected chi connectivity index (χ1v) is 13.7. The summed E-state index contributed by atoms with van der Waals surface area (Å²) in [4.78, 5) is 0. The van der Waals surface area contributed by atoms with Crippen molar-refractivity contribution in [1.82, 2.24) is 0 Å². The van der Waals surface area contributed by atoms with Crippen molar-refractivity contribution in [3.05, 3.63) is 46.5 Å². The predicted octanol–water partition coefficient (Wildman–Crippen LogP) is 8.41. The van der Waals surface area contributed by atoms with Crippen molar-refractivity contribution in [2.45, 2.75) is 102 Å². The monoisotopic (exact) mass is 488 g/mol. The standard InChI is InChI=1S/C28H41BrO2/c1-2-5-21-7-9-22(10-8-21)20-27(23-11-15-25(29)16-12-23)24-13-17-26(18-14-24)31-28-6-3-4-19-30-28/h11-13,15-17,21-22,24,26-28H,2-10,14,18-20H2,1H3. The molecule has 0 bridgehead atoms. The number of halogens is 1. The summed E-state index contributed by atoms with van der Waals surface area (Å²) in [7, 11) is 0. The largest absolute Gasteiger partial charge is 0.353 e. The Bertz CT molecular complexity index is 671. The number of ether oxygens (including phenoxy) is 2. The molecule has 31 heavy (non-hydrogen) atoms. The molecule has 1 aliphatic heterocycles. The van der Waals surface area contributed by atoms with E-state index in [9.17, 15) is 0 Å². The third-order valence-corrected chi connectivity index (χ3v) is 8.42. The fraction of sp³-hybridized carbons (Fsp3) is 0.714. The second-order valence-corrected chi connectivity index (χ2v) is 11.1. The average Bonchev–Trinajstić information content (AvgIpc) is 2.81. The summed E-state index contributed by atoms with van der Waals surface area (Å²) >= 11 is 3.62. The van der Waals surface area contributed by atoms with Gasteiger partial charge in [-0.25, -0.2) is 0 Å². The highest BCUT2D eigenvalue weighted by Crippen LogP contribution is 2.42. The zero-order valence-corrected chi connectivity index (χ0v) is 20.9. The summed E-state index contributed by atoms with van der Waals surface area (Å²) in [5.74, 6) is 3.13. The van der Waals surface area contributed by atoms with Crippen LogP contribution in [0.1, 0.15) is 95.5 Å². The number of hydrogen-bond donors (Lipinski definition) is 0. The fourth-order valence-electron chi connectivity index (χ4n) is 6.07. The topological polar surface area (TPSA) is 18.5 Å². The van der Waals surface area contributed by atoms with Crippen molar-refractivity contribution in [1.29, 1.82) is 0 Å². The van der Waals surface area contributed by atoms with E-state index in [1.165, 1.54) is 74.2 Å². The third-order valence-electron chi connectivity index (χ3n) is 7.89. The second kappa shape index (κ2) is 12.0. The molecule has 0 amide bonds. The van der Waals surface area contributed by atoms with Crippen LogP contribution < -0.4 is 0 Å². The van der Waals surface area contributed by atoms with Crippen molar-refractivity contribution < 1.29 is 9.47 Å². The van der Waals surface area contributed by atoms with E-state index < -0.39 is 0 Å². The highest BCUT2D eigenvalue weighted by atomic mass is 79.9. The Hall–Kier alpha value is -0.640. The van der Waals surface area contributed by atoms with Crippen LogP contribution in [-0.4, -0.2) is 19.0 Å². The minimum Gasteiger partial charge on any atom is -0.353 e. The molecule has 0 N–H and O–H groups in total. The van der Waals surface area contributed by atoms with Gasteiger partial charge in [0.05, 0.1) is 6.10 Å². The number of hydrogen-bond acceptors (Lipinski definition) is 2. The lowest BCUT2D eigenvalue weighted by Crippen LogP contribution is -2.29. The van der Waals surface area contributed by atoms with Gasteiger partial charge in [0.25, 0.3) is 0 Å². The first-order valence-electron chi connectivity index (χ1n) is 12.9. The van der Waals surface area contributed by atoms with Crippen LogP contribution in [-0.2, 0) is 9.47 Å². The Balaban J connectivity index is 1.39. The molecule has 4 rings (SSSR count). The van der Waals surface area contributed by atoms with Crippen LogP contribution in [0.25, 0.3) is 0 Å². The van der Waals surface area contributed by atoms with E-state index in [2.05, 4.69) is 59.3 Å². The summed E-state index contributed by atoms with van der Waals surface area (Å²) in [6.07, 6.45) is 20.7. The third kappa shape index (κ3) is 6.92. The molecule has 4 unspecified atom stereocenters. The highest BCUT2D eigenvalue weighted by Gasteiger charge is 2.30. The molecule has 2 aliphatic carbocycles. The van der Waals surface area contributed by atoms with Crippen molar-refractivity contribution in [3.63, 3.8) is 0 Å². The van der Waals surface area contributed by atoms with Gasteiger partial charge < -0.3 is 9.47 Å². The lowest BCUT2D eigenvalue weighted by Gasteiger charge is -2.36. The Morgan fingerprint density at radius 2 is 1.71 bits per heavy atom. The van der Waals surface area contributed by atoms with E-state index in [-0.39, 0.29) is 12.4 Å². The SMILES string of the molecule is CCCC1CCC(CC(c2ccc(Br)cc2)C2C=CC(OC3CCCCO3)CC2)CC1. The Labute approximate surface area is 198 Å². The summed E-state index contributed by atoms with van der Waals surface area (Å²) in [6.45, 7) is 3.19. The van der Waals surface area contributed by atoms with Crippen LogP contribution in [0.3, 0.4) is 0 Å². The molecule has 0 aromatic heterocycles. The molecular weight excluding hydrogens is 448 g/mol. The van der Waals surface area contributed by atoms with Crippen LogP contribution in [0.15, 0.2) is 40.9 Å². The molecule has 2 fully saturated rings. The van der Waals surface area contributed by atoms with E-state index in [1.54, 1.807) is 0 Å². The zero-order valence-electron chi connectivity index (χ0n) is 19.3. The van der Waals surface area contributed by atoms with Crippen LogP contribution in [0.2, 0.25) is 0 Å². The van der Waals surface area contributed by atoms with Gasteiger partial charge in [0, 0.05) is 11.1 Å². The van der Waals surface area contributed by atoms with E-state index >= 15 is 0 Å². The van der Waals surface area contributed by atoms with Crippen molar-refractivity contribution in [2.75, 3.05) is 6.61 Å². The van der Waals surface area contributed by atoms with Gasteiger partial charge in [-0.15, -0.1) is 0 Å². The van der Waals surface area contributed by atoms with Gasteiger partial charge >= 0.3 is 0 Å². The fourth-order valence-corrected chi connectivity index (χ4v) is 6.33. The maximum Gasteiger partial charge on any atom is 0.158 e. The molecule has 1 heterocycles. The lowest BCUT2D eigenvalue weighted by molar-refractivity contribution is -0.180. The van der Waals surface area contributed by atoms with E-state index in [4.69, 9.17) is 9.47 Å². The Morgan fingerprint density at radius 1 is 0.935 bits per heavy atom. The maximum absolute atomic E-state index is 6.25. The van der Waals surface area contributed by atoms with Gasteiger partial charge in [-0.3, -0.25) is 0 Å². The molecule has 0 spiro atoms. The zero-order chi connectivity index (χ0) is 21.5. The molecule has 0 radical (unpaired) electrons. The molecule has 1 aromatic carbocycles. The van der Waals surface area contributed by atoms with Crippen LogP contribution in [0.4, 0.5) is 0 Å². The van der Waals surface area contributed by atoms with Crippen LogP contribution >= 0.6 is 15.9 Å². The summed E-state index contributed by atoms with van der Waals surface area (Å²) in [5.41, 5.74) is 1.52. The van der Waals surface area contributed by atoms with Gasteiger partial charge in [-0.05, 0) is 79.9 Å². The number of allylic oxidation sites excluding steroid dienone is 1. The quantitative estimate of drug-likeness (QED) is 0.341. The van der Waals surface area contributed by atoms with E-state index in [0.29, 0.717) is 11.8 Å².